The zero-order valence-corrected chi connectivity index (χ0v) is 16.3. The van der Waals surface area contributed by atoms with Gasteiger partial charge in [-0.15, -0.1) is 0 Å². The summed E-state index contributed by atoms with van der Waals surface area (Å²) in [6, 6.07) is 7.76. The van der Waals surface area contributed by atoms with E-state index in [1.54, 1.807) is 30.3 Å². The minimum Gasteiger partial charge on any atom is -0.466 e. The first-order valence-corrected chi connectivity index (χ1v) is 9.05. The second-order valence-electron chi connectivity index (χ2n) is 6.27. The van der Waals surface area contributed by atoms with Gasteiger partial charge in [0.25, 0.3) is 5.91 Å². The first kappa shape index (κ1) is 22.1. The summed E-state index contributed by atoms with van der Waals surface area (Å²) in [5, 5.41) is 2.71. The number of hydrogen-bond donors (Lipinski definition) is 1. The average Bonchev–Trinajstić information content (AvgIpc) is 3.15. The lowest BCUT2D eigenvalue weighted by atomic mass is 10.1. The SMILES string of the molecule is COCCNC(=O)[C@@H]1C[C@@H](OC(=O)/C=C/C(=O)OC)CN1C(=O)c1ccccc1. The van der Waals surface area contributed by atoms with E-state index in [0.717, 1.165) is 12.2 Å². The van der Waals surface area contributed by atoms with Gasteiger partial charge in [0.05, 0.1) is 20.3 Å². The van der Waals surface area contributed by atoms with E-state index in [1.807, 2.05) is 0 Å². The standard InChI is InChI=1S/C20H24N2O7/c1-27-11-10-21-19(25)16-12-15(29-18(24)9-8-17(23)28-2)13-22(16)20(26)14-6-4-3-5-7-14/h3-9,15-16H,10-13H2,1-2H3,(H,21,25)/b9-8+/t15-,16+/m1/s1. The highest BCUT2D eigenvalue weighted by molar-refractivity contribution is 5.98. The van der Waals surface area contributed by atoms with E-state index in [4.69, 9.17) is 9.47 Å². The number of methoxy groups -OCH3 is 2. The number of esters is 2. The maximum absolute atomic E-state index is 12.9. The third-order valence-electron chi connectivity index (χ3n) is 4.29. The summed E-state index contributed by atoms with van der Waals surface area (Å²) >= 11 is 0. The quantitative estimate of drug-likeness (QED) is 0.377. The van der Waals surface area contributed by atoms with E-state index < -0.39 is 24.1 Å². The number of amides is 2. The van der Waals surface area contributed by atoms with E-state index in [-0.39, 0.29) is 24.8 Å². The molecule has 1 fully saturated rings. The number of carbonyl (C=O) groups excluding carboxylic acids is 4. The van der Waals surface area contributed by atoms with Crippen LogP contribution in [0.5, 0.6) is 0 Å². The van der Waals surface area contributed by atoms with Crippen molar-refractivity contribution in [2.24, 2.45) is 0 Å². The molecule has 1 heterocycles. The molecule has 0 bridgehead atoms. The number of benzene rings is 1. The van der Waals surface area contributed by atoms with Crippen LogP contribution in [0.3, 0.4) is 0 Å². The zero-order chi connectivity index (χ0) is 21.2. The second kappa shape index (κ2) is 11.0. The molecular formula is C20H24N2O7. The Bertz CT molecular complexity index is 763. The van der Waals surface area contributed by atoms with Crippen molar-refractivity contribution in [1.29, 1.82) is 0 Å². The second-order valence-corrected chi connectivity index (χ2v) is 6.27. The largest absolute Gasteiger partial charge is 0.466 e. The molecule has 0 aromatic heterocycles. The molecule has 1 aliphatic rings. The molecule has 29 heavy (non-hydrogen) atoms. The fourth-order valence-corrected chi connectivity index (χ4v) is 2.90. The summed E-state index contributed by atoms with van der Waals surface area (Å²) in [6.07, 6.45) is 1.35. The zero-order valence-electron chi connectivity index (χ0n) is 16.3. The third kappa shape index (κ3) is 6.42. The van der Waals surface area contributed by atoms with Crippen molar-refractivity contribution in [2.45, 2.75) is 18.6 Å². The highest BCUT2D eigenvalue weighted by atomic mass is 16.5. The summed E-state index contributed by atoms with van der Waals surface area (Å²) in [6.45, 7) is 0.696. The molecule has 9 heteroatoms. The van der Waals surface area contributed by atoms with Crippen LogP contribution in [0.15, 0.2) is 42.5 Å². The fourth-order valence-electron chi connectivity index (χ4n) is 2.90. The molecule has 1 saturated heterocycles. The normalized spacial score (nSPS) is 18.5. The summed E-state index contributed by atoms with van der Waals surface area (Å²) in [7, 11) is 2.71. The monoisotopic (exact) mass is 404 g/mol. The van der Waals surface area contributed by atoms with Crippen molar-refractivity contribution in [3.8, 4) is 0 Å². The van der Waals surface area contributed by atoms with Gasteiger partial charge in [0.2, 0.25) is 5.91 Å². The Balaban J connectivity index is 2.10. The molecule has 0 unspecified atom stereocenters. The van der Waals surface area contributed by atoms with E-state index >= 15 is 0 Å². The van der Waals surface area contributed by atoms with Crippen molar-refractivity contribution in [3.05, 3.63) is 48.0 Å². The average molecular weight is 404 g/mol. The predicted molar refractivity (Wildman–Crippen MR) is 102 cm³/mol. The van der Waals surface area contributed by atoms with E-state index in [2.05, 4.69) is 10.1 Å². The summed E-state index contributed by atoms with van der Waals surface area (Å²) in [5.74, 6) is -2.13. The molecular weight excluding hydrogens is 380 g/mol. The van der Waals surface area contributed by atoms with Gasteiger partial charge in [-0.2, -0.15) is 0 Å². The Kier molecular flexibility index (Phi) is 8.35. The van der Waals surface area contributed by atoms with Gasteiger partial charge in [0.15, 0.2) is 0 Å². The van der Waals surface area contributed by atoms with Crippen molar-refractivity contribution >= 4 is 23.8 Å². The van der Waals surface area contributed by atoms with E-state index in [9.17, 15) is 19.2 Å². The van der Waals surface area contributed by atoms with Crippen LogP contribution in [0.2, 0.25) is 0 Å². The van der Waals surface area contributed by atoms with Crippen LogP contribution in [0.4, 0.5) is 0 Å². The Morgan fingerprint density at radius 1 is 1.10 bits per heavy atom. The smallest absolute Gasteiger partial charge is 0.331 e. The number of carbonyl (C=O) groups is 4. The van der Waals surface area contributed by atoms with E-state index in [1.165, 1.54) is 19.1 Å². The Morgan fingerprint density at radius 2 is 1.79 bits per heavy atom. The predicted octanol–water partition coefficient (Wildman–Crippen LogP) is 0.305. The highest BCUT2D eigenvalue weighted by Crippen LogP contribution is 2.23. The minimum atomic E-state index is -0.790. The summed E-state index contributed by atoms with van der Waals surface area (Å²) < 4.78 is 14.6. The molecule has 156 valence electrons. The van der Waals surface area contributed by atoms with Crippen molar-refractivity contribution in [1.82, 2.24) is 10.2 Å². The topological polar surface area (TPSA) is 111 Å². The van der Waals surface area contributed by atoms with Crippen molar-refractivity contribution in [3.63, 3.8) is 0 Å². The van der Waals surface area contributed by atoms with Gasteiger partial charge < -0.3 is 24.4 Å². The van der Waals surface area contributed by atoms with Crippen LogP contribution in [0.1, 0.15) is 16.8 Å². The van der Waals surface area contributed by atoms with Gasteiger partial charge in [-0.1, -0.05) is 18.2 Å². The van der Waals surface area contributed by atoms with Gasteiger partial charge in [-0.3, -0.25) is 9.59 Å². The summed E-state index contributed by atoms with van der Waals surface area (Å²) in [5.41, 5.74) is 0.430. The number of rotatable bonds is 8. The molecule has 1 aromatic rings. The molecule has 9 nitrogen and oxygen atoms in total. The molecule has 0 aliphatic carbocycles. The maximum atomic E-state index is 12.9. The molecule has 1 aromatic carbocycles. The number of likely N-dealkylation sites (tertiary alicyclic amines) is 1. The van der Waals surface area contributed by atoms with Gasteiger partial charge in [-0.05, 0) is 12.1 Å². The lowest BCUT2D eigenvalue weighted by Crippen LogP contribution is -2.46. The molecule has 2 atom stereocenters. The van der Waals surface area contributed by atoms with Crippen LogP contribution in [0.25, 0.3) is 0 Å². The van der Waals surface area contributed by atoms with Crippen molar-refractivity contribution in [2.75, 3.05) is 33.9 Å². The fraction of sp³-hybridized carbons (Fsp3) is 0.400. The molecule has 1 N–H and O–H groups in total. The van der Waals surface area contributed by atoms with Crippen LogP contribution in [-0.4, -0.2) is 74.7 Å². The Labute approximate surface area is 168 Å². The number of hydrogen-bond acceptors (Lipinski definition) is 7. The number of nitrogens with zero attached hydrogens (tertiary/aromatic N) is 1. The molecule has 2 amide bonds. The van der Waals surface area contributed by atoms with Crippen LogP contribution >= 0.6 is 0 Å². The highest BCUT2D eigenvalue weighted by Gasteiger charge is 2.41. The van der Waals surface area contributed by atoms with Crippen LogP contribution in [-0.2, 0) is 28.6 Å². The van der Waals surface area contributed by atoms with Gasteiger partial charge in [-0.25, -0.2) is 9.59 Å². The van der Waals surface area contributed by atoms with E-state index in [0.29, 0.717) is 18.7 Å². The Morgan fingerprint density at radius 3 is 2.45 bits per heavy atom. The molecule has 1 aliphatic heterocycles. The van der Waals surface area contributed by atoms with Gasteiger partial charge in [0, 0.05) is 37.8 Å². The lowest BCUT2D eigenvalue weighted by Gasteiger charge is -2.23. The molecule has 0 radical (unpaired) electrons. The van der Waals surface area contributed by atoms with Crippen LogP contribution < -0.4 is 5.32 Å². The molecule has 0 saturated carbocycles. The molecule has 2 rings (SSSR count). The third-order valence-corrected chi connectivity index (χ3v) is 4.29. The van der Waals surface area contributed by atoms with Gasteiger partial charge in [0.1, 0.15) is 12.1 Å². The lowest BCUT2D eigenvalue weighted by molar-refractivity contribution is -0.143. The Hall–Kier alpha value is -3.20. The number of nitrogens with one attached hydrogen (secondary N) is 1. The first-order valence-electron chi connectivity index (χ1n) is 9.05. The minimum absolute atomic E-state index is 0.0634. The number of ether oxygens (including phenoxy) is 3. The van der Waals surface area contributed by atoms with Gasteiger partial charge >= 0.3 is 11.9 Å². The molecule has 0 spiro atoms. The maximum Gasteiger partial charge on any atom is 0.331 e. The van der Waals surface area contributed by atoms with Crippen molar-refractivity contribution < 1.29 is 33.4 Å². The summed E-state index contributed by atoms with van der Waals surface area (Å²) in [4.78, 5) is 49.8. The van der Waals surface area contributed by atoms with Crippen LogP contribution in [0, 0.1) is 0 Å². The first-order chi connectivity index (χ1) is 14.0.